The topological polar surface area (TPSA) is 68.7 Å². The number of pyridine rings is 1. The fourth-order valence-electron chi connectivity index (χ4n) is 4.07. The van der Waals surface area contributed by atoms with E-state index < -0.39 is 11.9 Å². The average molecular weight is 471 g/mol. The molecule has 6 nitrogen and oxygen atoms in total. The van der Waals surface area contributed by atoms with E-state index in [-0.39, 0.29) is 17.8 Å². The van der Waals surface area contributed by atoms with Crippen LogP contribution in [0.15, 0.2) is 48.7 Å². The van der Waals surface area contributed by atoms with Crippen LogP contribution in [0.25, 0.3) is 22.0 Å². The van der Waals surface area contributed by atoms with Gasteiger partial charge in [0.15, 0.2) is 6.10 Å². The maximum absolute atomic E-state index is 13.5. The molecule has 172 valence electrons. The fraction of sp³-hybridized carbons (Fsp3) is 0.320. The Hall–Kier alpha value is -3.19. The Bertz CT molecular complexity index is 1200. The number of fused-ring (bicyclic) bond motifs is 1. The zero-order valence-electron chi connectivity index (χ0n) is 18.4. The summed E-state index contributed by atoms with van der Waals surface area (Å²) in [6, 6.07) is 11.5. The van der Waals surface area contributed by atoms with Gasteiger partial charge >= 0.3 is 5.97 Å². The highest BCUT2D eigenvalue weighted by atomic mass is 35.5. The second-order valence-corrected chi connectivity index (χ2v) is 8.35. The van der Waals surface area contributed by atoms with Gasteiger partial charge < -0.3 is 14.4 Å². The fourth-order valence-corrected chi connectivity index (χ4v) is 4.34. The summed E-state index contributed by atoms with van der Waals surface area (Å²) in [5.74, 6) is -0.634. The number of carbonyl (C=O) groups excluding carboxylic acids is 2. The van der Waals surface area contributed by atoms with E-state index in [2.05, 4.69) is 4.98 Å². The summed E-state index contributed by atoms with van der Waals surface area (Å²) >= 11 is 6.25. The number of esters is 1. The van der Waals surface area contributed by atoms with Crippen LogP contribution >= 0.6 is 11.6 Å². The van der Waals surface area contributed by atoms with Crippen molar-refractivity contribution >= 4 is 34.4 Å². The molecular formula is C25H24ClFN2O4. The first-order chi connectivity index (χ1) is 15.9. The Kier molecular flexibility index (Phi) is 6.79. The molecule has 0 radical (unpaired) electrons. The van der Waals surface area contributed by atoms with E-state index in [1.54, 1.807) is 43.1 Å². The van der Waals surface area contributed by atoms with Crippen molar-refractivity contribution in [3.8, 4) is 16.9 Å². The van der Waals surface area contributed by atoms with Crippen molar-refractivity contribution in [2.75, 3.05) is 19.7 Å². The molecule has 3 aromatic rings. The number of benzene rings is 2. The number of hydrogen-bond donors (Lipinski definition) is 0. The van der Waals surface area contributed by atoms with Crippen molar-refractivity contribution in [1.29, 1.82) is 0 Å². The molecule has 2 atom stereocenters. The zero-order valence-corrected chi connectivity index (χ0v) is 19.1. The minimum atomic E-state index is -0.724. The quantitative estimate of drug-likeness (QED) is 0.480. The monoisotopic (exact) mass is 470 g/mol. The summed E-state index contributed by atoms with van der Waals surface area (Å²) in [7, 11) is 0. The van der Waals surface area contributed by atoms with Crippen LogP contribution in [0.3, 0.4) is 0 Å². The van der Waals surface area contributed by atoms with E-state index in [1.807, 2.05) is 12.1 Å². The minimum absolute atomic E-state index is 0.179. The molecule has 1 aliphatic heterocycles. The number of aromatic nitrogens is 1. The summed E-state index contributed by atoms with van der Waals surface area (Å²) in [6.07, 6.45) is 1.51. The third-order valence-corrected chi connectivity index (χ3v) is 6.03. The van der Waals surface area contributed by atoms with Crippen LogP contribution in [-0.4, -0.2) is 47.6 Å². The van der Waals surface area contributed by atoms with Crippen LogP contribution in [-0.2, 0) is 14.3 Å². The molecule has 1 unspecified atom stereocenters. The molecule has 1 saturated heterocycles. The summed E-state index contributed by atoms with van der Waals surface area (Å²) in [5.41, 5.74) is 2.18. The molecule has 8 heteroatoms. The number of ether oxygens (including phenoxy) is 2. The molecule has 0 spiro atoms. The standard InChI is InChI=1S/C25H24ClFN2O4/c1-3-32-25(31)16-9-11-29(14-16)24(30)15(2)33-18-5-7-21-19(8-10-28-23(21)13-18)20-6-4-17(27)12-22(20)26/h4-8,10,12-13,15-16H,3,9,11,14H2,1-2H3/t15?,16-/m0/s1. The lowest BCUT2D eigenvalue weighted by Crippen LogP contribution is -2.39. The molecule has 1 aromatic heterocycles. The molecular weight excluding hydrogens is 447 g/mol. The van der Waals surface area contributed by atoms with E-state index in [0.717, 1.165) is 10.9 Å². The van der Waals surface area contributed by atoms with Crippen LogP contribution in [0.5, 0.6) is 5.75 Å². The van der Waals surface area contributed by atoms with Gasteiger partial charge in [0.2, 0.25) is 0 Å². The van der Waals surface area contributed by atoms with Gasteiger partial charge in [-0.15, -0.1) is 0 Å². The molecule has 0 saturated carbocycles. The molecule has 4 rings (SSSR count). The normalized spacial score (nSPS) is 16.6. The molecule has 33 heavy (non-hydrogen) atoms. The predicted octanol–water partition coefficient (Wildman–Crippen LogP) is 4.87. The van der Waals surface area contributed by atoms with Gasteiger partial charge in [-0.3, -0.25) is 14.6 Å². The van der Waals surface area contributed by atoms with E-state index in [4.69, 9.17) is 21.1 Å². The van der Waals surface area contributed by atoms with Crippen LogP contribution in [0.2, 0.25) is 5.02 Å². The van der Waals surface area contributed by atoms with E-state index in [9.17, 15) is 14.0 Å². The lowest BCUT2D eigenvalue weighted by Gasteiger charge is -2.22. The second-order valence-electron chi connectivity index (χ2n) is 7.94. The van der Waals surface area contributed by atoms with Gasteiger partial charge in [-0.2, -0.15) is 0 Å². The number of nitrogens with zero attached hydrogens (tertiary/aromatic N) is 2. The lowest BCUT2D eigenvalue weighted by molar-refractivity contribution is -0.147. The molecule has 1 aliphatic rings. The largest absolute Gasteiger partial charge is 0.481 e. The Morgan fingerprint density at radius 1 is 1.21 bits per heavy atom. The van der Waals surface area contributed by atoms with Crippen molar-refractivity contribution in [3.05, 3.63) is 59.5 Å². The van der Waals surface area contributed by atoms with Crippen LogP contribution in [0, 0.1) is 11.7 Å². The molecule has 2 heterocycles. The summed E-state index contributed by atoms with van der Waals surface area (Å²) in [5, 5.41) is 1.14. The zero-order chi connectivity index (χ0) is 23.5. The minimum Gasteiger partial charge on any atom is -0.481 e. The molecule has 1 fully saturated rings. The van der Waals surface area contributed by atoms with Gasteiger partial charge in [0.25, 0.3) is 5.91 Å². The Morgan fingerprint density at radius 2 is 2.03 bits per heavy atom. The number of carbonyl (C=O) groups is 2. The first kappa shape index (κ1) is 23.0. The highest BCUT2D eigenvalue weighted by Gasteiger charge is 2.34. The second kappa shape index (κ2) is 9.75. The third kappa shape index (κ3) is 4.93. The molecule has 0 aliphatic carbocycles. The molecule has 0 bridgehead atoms. The smallest absolute Gasteiger partial charge is 0.310 e. The van der Waals surface area contributed by atoms with Gasteiger partial charge in [-0.25, -0.2) is 4.39 Å². The van der Waals surface area contributed by atoms with Crippen molar-refractivity contribution in [2.24, 2.45) is 5.92 Å². The number of hydrogen-bond acceptors (Lipinski definition) is 5. The molecule has 2 aromatic carbocycles. The first-order valence-corrected chi connectivity index (χ1v) is 11.2. The van der Waals surface area contributed by atoms with E-state index >= 15 is 0 Å². The van der Waals surface area contributed by atoms with Crippen molar-refractivity contribution < 1.29 is 23.5 Å². The van der Waals surface area contributed by atoms with Gasteiger partial charge in [0.1, 0.15) is 11.6 Å². The average Bonchev–Trinajstić information content (AvgIpc) is 3.29. The lowest BCUT2D eigenvalue weighted by atomic mass is 10.0. The van der Waals surface area contributed by atoms with Gasteiger partial charge in [0, 0.05) is 36.3 Å². The SMILES string of the molecule is CCOC(=O)[C@H]1CCN(C(=O)C(C)Oc2ccc3c(-c4ccc(F)cc4Cl)ccnc3c2)C1. The number of rotatable bonds is 6. The number of likely N-dealkylation sites (tertiary alicyclic amines) is 1. The van der Waals surface area contributed by atoms with Crippen molar-refractivity contribution in [3.63, 3.8) is 0 Å². The molecule has 0 N–H and O–H groups in total. The maximum atomic E-state index is 13.5. The van der Waals surface area contributed by atoms with Gasteiger partial charge in [0.05, 0.1) is 23.1 Å². The highest BCUT2D eigenvalue weighted by molar-refractivity contribution is 6.33. The summed E-state index contributed by atoms with van der Waals surface area (Å²) in [6.45, 7) is 4.62. The number of amides is 1. The van der Waals surface area contributed by atoms with Crippen LogP contribution < -0.4 is 4.74 Å². The Balaban J connectivity index is 1.49. The highest BCUT2D eigenvalue weighted by Crippen LogP contribution is 2.34. The summed E-state index contributed by atoms with van der Waals surface area (Å²) < 4.78 is 24.4. The van der Waals surface area contributed by atoms with Gasteiger partial charge in [-0.05, 0) is 62.2 Å². The Morgan fingerprint density at radius 3 is 2.79 bits per heavy atom. The first-order valence-electron chi connectivity index (χ1n) is 10.8. The van der Waals surface area contributed by atoms with Gasteiger partial charge in [-0.1, -0.05) is 11.6 Å². The molecule has 1 amide bonds. The Labute approximate surface area is 196 Å². The number of halogens is 2. The summed E-state index contributed by atoms with van der Waals surface area (Å²) in [4.78, 5) is 30.8. The van der Waals surface area contributed by atoms with Crippen molar-refractivity contribution in [2.45, 2.75) is 26.4 Å². The third-order valence-electron chi connectivity index (χ3n) is 5.72. The van der Waals surface area contributed by atoms with Crippen LogP contribution in [0.1, 0.15) is 20.3 Å². The van der Waals surface area contributed by atoms with Crippen molar-refractivity contribution in [1.82, 2.24) is 9.88 Å². The van der Waals surface area contributed by atoms with E-state index in [1.165, 1.54) is 12.1 Å². The van der Waals surface area contributed by atoms with Crippen LogP contribution in [0.4, 0.5) is 4.39 Å². The van der Waals surface area contributed by atoms with E-state index in [0.29, 0.717) is 48.0 Å². The maximum Gasteiger partial charge on any atom is 0.310 e. The predicted molar refractivity (Wildman–Crippen MR) is 124 cm³/mol.